The molecule has 0 saturated heterocycles. The van der Waals surface area contributed by atoms with E-state index >= 15 is 0 Å². The Kier molecular flexibility index (Phi) is 14.2. The van der Waals surface area contributed by atoms with E-state index in [1.54, 1.807) is 0 Å². The molecule has 0 unspecified atom stereocenters. The van der Waals surface area contributed by atoms with Crippen molar-refractivity contribution in [1.82, 2.24) is 0 Å². The highest BCUT2D eigenvalue weighted by molar-refractivity contribution is 4.96. The zero-order valence-corrected chi connectivity index (χ0v) is 7.78. The first kappa shape index (κ1) is 12.4. The SMILES string of the molecule is CC.CC/C=C(\C)CCN. The molecule has 0 spiro atoms. The lowest BCUT2D eigenvalue weighted by molar-refractivity contribution is 0.938. The monoisotopic (exact) mass is 143 g/mol. The van der Waals surface area contributed by atoms with E-state index in [0.717, 1.165) is 19.4 Å². The molecule has 0 bridgehead atoms. The molecule has 62 valence electrons. The van der Waals surface area contributed by atoms with E-state index in [0.29, 0.717) is 0 Å². The van der Waals surface area contributed by atoms with Gasteiger partial charge in [-0.15, -0.1) is 0 Å². The highest BCUT2D eigenvalue weighted by Gasteiger charge is 1.82. The fraction of sp³-hybridized carbons (Fsp3) is 0.778. The van der Waals surface area contributed by atoms with E-state index in [2.05, 4.69) is 19.9 Å². The lowest BCUT2D eigenvalue weighted by Crippen LogP contribution is -1.98. The molecular formula is C9H21N. The van der Waals surface area contributed by atoms with Gasteiger partial charge in [-0.25, -0.2) is 0 Å². The minimum Gasteiger partial charge on any atom is -0.330 e. The normalized spacial score (nSPS) is 10.3. The Hall–Kier alpha value is -0.300. The molecule has 0 fully saturated rings. The van der Waals surface area contributed by atoms with Crippen molar-refractivity contribution in [1.29, 1.82) is 0 Å². The molecule has 0 radical (unpaired) electrons. The van der Waals surface area contributed by atoms with Crippen LogP contribution in [0.25, 0.3) is 0 Å². The average Bonchev–Trinajstić information content (AvgIpc) is 1.93. The van der Waals surface area contributed by atoms with Gasteiger partial charge in [-0.05, 0) is 26.3 Å². The second-order valence-corrected chi connectivity index (χ2v) is 2.00. The Balaban J connectivity index is 0. The third-order valence-electron chi connectivity index (χ3n) is 1.09. The summed E-state index contributed by atoms with van der Waals surface area (Å²) in [6, 6.07) is 0. The van der Waals surface area contributed by atoms with Gasteiger partial charge >= 0.3 is 0 Å². The maximum absolute atomic E-state index is 5.32. The van der Waals surface area contributed by atoms with Gasteiger partial charge in [-0.2, -0.15) is 0 Å². The minimum atomic E-state index is 0.780. The van der Waals surface area contributed by atoms with E-state index < -0.39 is 0 Å². The van der Waals surface area contributed by atoms with Crippen molar-refractivity contribution >= 4 is 0 Å². The predicted molar refractivity (Wildman–Crippen MR) is 49.1 cm³/mol. The van der Waals surface area contributed by atoms with Crippen molar-refractivity contribution in [2.75, 3.05) is 6.54 Å². The Labute approximate surface area is 65.3 Å². The van der Waals surface area contributed by atoms with Gasteiger partial charge in [-0.1, -0.05) is 32.4 Å². The lowest BCUT2D eigenvalue weighted by atomic mass is 10.2. The molecule has 0 aromatic rings. The van der Waals surface area contributed by atoms with Crippen molar-refractivity contribution in [2.45, 2.75) is 40.5 Å². The summed E-state index contributed by atoms with van der Waals surface area (Å²) in [5.74, 6) is 0. The Bertz CT molecular complexity index is 74.8. The molecule has 0 aliphatic carbocycles. The topological polar surface area (TPSA) is 26.0 Å². The smallest absolute Gasteiger partial charge is 0.00401 e. The van der Waals surface area contributed by atoms with Crippen LogP contribution >= 0.6 is 0 Å². The summed E-state index contributed by atoms with van der Waals surface area (Å²) in [5.41, 5.74) is 6.73. The van der Waals surface area contributed by atoms with E-state index in [9.17, 15) is 0 Å². The highest BCUT2D eigenvalue weighted by Crippen LogP contribution is 1.97. The summed E-state index contributed by atoms with van der Waals surface area (Å²) >= 11 is 0. The average molecular weight is 143 g/mol. The number of hydrogen-bond donors (Lipinski definition) is 1. The van der Waals surface area contributed by atoms with Crippen LogP contribution in [-0.2, 0) is 0 Å². The maximum Gasteiger partial charge on any atom is -0.00401 e. The van der Waals surface area contributed by atoms with Crippen LogP contribution in [0.15, 0.2) is 11.6 Å². The lowest BCUT2D eigenvalue weighted by Gasteiger charge is -1.93. The van der Waals surface area contributed by atoms with Crippen LogP contribution in [0.1, 0.15) is 40.5 Å². The third-order valence-corrected chi connectivity index (χ3v) is 1.09. The van der Waals surface area contributed by atoms with Crippen molar-refractivity contribution in [2.24, 2.45) is 5.73 Å². The summed E-state index contributed by atoms with van der Waals surface area (Å²) in [6.45, 7) is 9.04. The second-order valence-electron chi connectivity index (χ2n) is 2.00. The van der Waals surface area contributed by atoms with E-state index in [1.165, 1.54) is 5.57 Å². The van der Waals surface area contributed by atoms with Crippen molar-refractivity contribution in [3.8, 4) is 0 Å². The largest absolute Gasteiger partial charge is 0.330 e. The Morgan fingerprint density at radius 3 is 2.20 bits per heavy atom. The highest BCUT2D eigenvalue weighted by atomic mass is 14.5. The number of allylic oxidation sites excluding steroid dienone is 1. The first-order chi connectivity index (χ1) is 4.81. The van der Waals surface area contributed by atoms with Gasteiger partial charge in [0, 0.05) is 0 Å². The first-order valence-electron chi connectivity index (χ1n) is 4.17. The zero-order chi connectivity index (χ0) is 8.41. The summed E-state index contributed by atoms with van der Waals surface area (Å²) < 4.78 is 0. The van der Waals surface area contributed by atoms with Gasteiger partial charge < -0.3 is 5.73 Å². The Morgan fingerprint density at radius 1 is 1.40 bits per heavy atom. The standard InChI is InChI=1S/C7H15N.C2H6/c1-3-4-7(2)5-6-8;1-2/h4H,3,5-6,8H2,1-2H3;1-2H3/b7-4+;. The fourth-order valence-electron chi connectivity index (χ4n) is 0.678. The summed E-state index contributed by atoms with van der Waals surface area (Å²) in [5, 5.41) is 0. The minimum absolute atomic E-state index is 0.780. The van der Waals surface area contributed by atoms with E-state index in [-0.39, 0.29) is 0 Å². The number of nitrogens with two attached hydrogens (primary N) is 1. The molecule has 2 N–H and O–H groups in total. The molecule has 0 atom stereocenters. The van der Waals surface area contributed by atoms with Gasteiger partial charge in [-0.3, -0.25) is 0 Å². The third kappa shape index (κ3) is 10.6. The molecule has 0 saturated carbocycles. The van der Waals surface area contributed by atoms with Crippen LogP contribution in [0.3, 0.4) is 0 Å². The van der Waals surface area contributed by atoms with Crippen LogP contribution in [0.4, 0.5) is 0 Å². The van der Waals surface area contributed by atoms with Crippen LogP contribution in [0.2, 0.25) is 0 Å². The van der Waals surface area contributed by atoms with Gasteiger partial charge in [0.1, 0.15) is 0 Å². The van der Waals surface area contributed by atoms with Crippen molar-refractivity contribution in [3.63, 3.8) is 0 Å². The second kappa shape index (κ2) is 11.5. The first-order valence-corrected chi connectivity index (χ1v) is 4.17. The molecule has 10 heavy (non-hydrogen) atoms. The predicted octanol–water partition coefficient (Wildman–Crippen LogP) is 2.72. The molecule has 0 aliphatic rings. The van der Waals surface area contributed by atoms with Gasteiger partial charge in [0.25, 0.3) is 0 Å². The van der Waals surface area contributed by atoms with Gasteiger partial charge in [0.05, 0.1) is 0 Å². The molecule has 1 heteroatoms. The molecule has 0 aliphatic heterocycles. The van der Waals surface area contributed by atoms with Crippen LogP contribution in [0, 0.1) is 0 Å². The van der Waals surface area contributed by atoms with Crippen LogP contribution < -0.4 is 5.73 Å². The van der Waals surface area contributed by atoms with E-state index in [4.69, 9.17) is 5.73 Å². The van der Waals surface area contributed by atoms with Crippen molar-refractivity contribution in [3.05, 3.63) is 11.6 Å². The zero-order valence-electron chi connectivity index (χ0n) is 7.78. The molecule has 0 aromatic heterocycles. The summed E-state index contributed by atoms with van der Waals surface area (Å²) in [6.07, 6.45) is 4.40. The molecule has 0 amide bonds. The molecule has 0 heterocycles. The molecule has 1 nitrogen and oxygen atoms in total. The van der Waals surface area contributed by atoms with Crippen LogP contribution in [-0.4, -0.2) is 6.54 Å². The van der Waals surface area contributed by atoms with Gasteiger partial charge in [0.2, 0.25) is 0 Å². The molecular weight excluding hydrogens is 122 g/mol. The molecule has 0 aromatic carbocycles. The fourth-order valence-corrected chi connectivity index (χ4v) is 0.678. The quantitative estimate of drug-likeness (QED) is 0.604. The number of rotatable bonds is 3. The van der Waals surface area contributed by atoms with Crippen molar-refractivity contribution < 1.29 is 0 Å². The maximum atomic E-state index is 5.32. The number of hydrogen-bond acceptors (Lipinski definition) is 1. The van der Waals surface area contributed by atoms with Crippen LogP contribution in [0.5, 0.6) is 0 Å². The molecule has 0 rings (SSSR count). The summed E-state index contributed by atoms with van der Waals surface area (Å²) in [4.78, 5) is 0. The van der Waals surface area contributed by atoms with E-state index in [1.807, 2.05) is 13.8 Å². The summed E-state index contributed by atoms with van der Waals surface area (Å²) in [7, 11) is 0. The Morgan fingerprint density at radius 2 is 1.90 bits per heavy atom. The van der Waals surface area contributed by atoms with Gasteiger partial charge in [0.15, 0.2) is 0 Å².